The summed E-state index contributed by atoms with van der Waals surface area (Å²) in [7, 11) is -3.63. The molecule has 1 heterocycles. The lowest BCUT2D eigenvalue weighted by Gasteiger charge is -2.09. The number of benzene rings is 2. The smallest absolute Gasteiger partial charge is 0.282 e. The van der Waals surface area contributed by atoms with E-state index in [1.54, 1.807) is 24.3 Å². The van der Waals surface area contributed by atoms with Gasteiger partial charge in [0, 0.05) is 10.7 Å². The monoisotopic (exact) mass is 379 g/mol. The second-order valence-corrected chi connectivity index (χ2v) is 7.85. The van der Waals surface area contributed by atoms with Crippen LogP contribution in [0.15, 0.2) is 58.4 Å². The van der Waals surface area contributed by atoms with E-state index in [0.29, 0.717) is 17.3 Å². The average Bonchev–Trinajstić information content (AvgIpc) is 3.00. The van der Waals surface area contributed by atoms with E-state index in [1.165, 1.54) is 12.1 Å². The minimum atomic E-state index is -3.63. The summed E-state index contributed by atoms with van der Waals surface area (Å²) < 4.78 is 32.3. The molecule has 3 rings (SSSR count). The number of anilines is 1. The summed E-state index contributed by atoms with van der Waals surface area (Å²) in [6, 6.07) is 13.6. The van der Waals surface area contributed by atoms with Crippen LogP contribution in [-0.2, 0) is 21.2 Å². The highest BCUT2D eigenvalue weighted by Gasteiger charge is 2.16. The minimum absolute atomic E-state index is 0.0862. The molecule has 0 fully saturated rings. The van der Waals surface area contributed by atoms with Gasteiger partial charge in [-0.25, -0.2) is 13.4 Å². The quantitative estimate of drug-likeness (QED) is 0.806. The molecule has 0 aromatic heterocycles. The van der Waals surface area contributed by atoms with Gasteiger partial charge >= 0.3 is 0 Å². The van der Waals surface area contributed by atoms with E-state index in [1.807, 2.05) is 12.1 Å². The van der Waals surface area contributed by atoms with Crippen molar-refractivity contribution in [3.63, 3.8) is 0 Å². The highest BCUT2D eigenvalue weighted by Crippen LogP contribution is 2.19. The fourth-order valence-corrected chi connectivity index (χ4v) is 3.67. The van der Waals surface area contributed by atoms with Crippen LogP contribution < -0.4 is 10.5 Å². The topological polar surface area (TPSA) is 93.8 Å². The molecule has 0 radical (unpaired) electrons. The Bertz CT molecular complexity index is 865. The zero-order valence-corrected chi connectivity index (χ0v) is 14.9. The third-order valence-corrected chi connectivity index (χ3v) is 5.48. The number of ether oxygens (including phenoxy) is 1. The number of nitrogens with zero attached hydrogens (tertiary/aromatic N) is 1. The van der Waals surface area contributed by atoms with Crippen LogP contribution in [-0.4, -0.2) is 27.1 Å². The van der Waals surface area contributed by atoms with Gasteiger partial charge in [0.25, 0.3) is 16.0 Å². The van der Waals surface area contributed by atoms with Crippen molar-refractivity contribution in [2.24, 2.45) is 10.7 Å². The van der Waals surface area contributed by atoms with Crippen molar-refractivity contribution in [3.8, 4) is 0 Å². The maximum absolute atomic E-state index is 12.3. The Labute approximate surface area is 151 Å². The summed E-state index contributed by atoms with van der Waals surface area (Å²) in [5.41, 5.74) is 7.08. The summed E-state index contributed by atoms with van der Waals surface area (Å²) in [6.07, 6.45) is 1.64. The molecule has 1 aliphatic heterocycles. The van der Waals surface area contributed by atoms with Gasteiger partial charge in [0.1, 0.15) is 6.61 Å². The highest BCUT2D eigenvalue weighted by atomic mass is 35.5. The molecule has 2 aromatic rings. The lowest BCUT2D eigenvalue weighted by Crippen LogP contribution is -2.12. The second kappa shape index (κ2) is 7.33. The largest absolute Gasteiger partial charge is 0.463 e. The number of halogens is 1. The van der Waals surface area contributed by atoms with Crippen LogP contribution in [0, 0.1) is 0 Å². The molecule has 6 nitrogen and oxygen atoms in total. The Morgan fingerprint density at radius 2 is 1.84 bits per heavy atom. The molecule has 132 valence electrons. The van der Waals surface area contributed by atoms with E-state index in [0.717, 1.165) is 18.4 Å². The molecular formula is C17H18ClN3O3S. The number of nitrogens with two attached hydrogens (primary N) is 1. The number of hydrogen-bond donors (Lipinski definition) is 2. The van der Waals surface area contributed by atoms with Crippen molar-refractivity contribution in [2.45, 2.75) is 23.8 Å². The minimum Gasteiger partial charge on any atom is -0.463 e. The number of aryl methyl sites for hydroxylation is 1. The number of hydrogen-bond acceptors (Lipinski definition) is 5. The number of aliphatic imine (C=N–C) groups is 1. The van der Waals surface area contributed by atoms with E-state index in [2.05, 4.69) is 9.71 Å². The Kier molecular flexibility index (Phi) is 5.15. The first kappa shape index (κ1) is 17.6. The molecule has 0 aliphatic carbocycles. The van der Waals surface area contributed by atoms with Crippen molar-refractivity contribution >= 4 is 33.3 Å². The third kappa shape index (κ3) is 4.64. The normalized spacial score (nSPS) is 17.0. The van der Waals surface area contributed by atoms with Gasteiger partial charge in [-0.3, -0.25) is 4.72 Å². The molecule has 25 heavy (non-hydrogen) atoms. The predicted molar refractivity (Wildman–Crippen MR) is 98.4 cm³/mol. The number of sulfonamides is 1. The van der Waals surface area contributed by atoms with E-state index < -0.39 is 10.0 Å². The summed E-state index contributed by atoms with van der Waals surface area (Å²) in [6.45, 7) is 0.519. The van der Waals surface area contributed by atoms with Crippen LogP contribution in [0.4, 0.5) is 5.69 Å². The molecule has 1 aliphatic rings. The number of rotatable bonds is 6. The molecular weight excluding hydrogens is 362 g/mol. The lowest BCUT2D eigenvalue weighted by atomic mass is 10.1. The standard InChI is InChI=1S/C17H18ClN3O3S/c18-13-4-9-16(10-5-13)25(22,23)21-14-6-1-12(2-7-14)3-8-15-11-24-17(19)20-15/h1-2,4-7,9-10,15,21H,3,8,11H2,(H2,19,20)/t15-/m0/s1. The van der Waals surface area contributed by atoms with Crippen molar-refractivity contribution in [1.29, 1.82) is 0 Å². The SMILES string of the molecule is NC1=N[C@@H](CCc2ccc(NS(=O)(=O)c3ccc(Cl)cc3)cc2)CO1. The average molecular weight is 380 g/mol. The Hall–Kier alpha value is -2.25. The first-order valence-corrected chi connectivity index (χ1v) is 9.62. The fraction of sp³-hybridized carbons (Fsp3) is 0.235. The molecule has 0 saturated heterocycles. The molecule has 0 spiro atoms. The summed E-state index contributed by atoms with van der Waals surface area (Å²) >= 11 is 5.79. The third-order valence-electron chi connectivity index (χ3n) is 3.83. The van der Waals surface area contributed by atoms with E-state index >= 15 is 0 Å². The van der Waals surface area contributed by atoms with Gasteiger partial charge in [-0.05, 0) is 54.8 Å². The molecule has 0 unspecified atom stereocenters. The first-order valence-electron chi connectivity index (χ1n) is 7.76. The molecule has 2 aromatic carbocycles. The predicted octanol–water partition coefficient (Wildman–Crippen LogP) is 2.79. The molecule has 8 heteroatoms. The van der Waals surface area contributed by atoms with Crippen LogP contribution >= 0.6 is 11.6 Å². The Balaban J connectivity index is 1.61. The molecule has 3 N–H and O–H groups in total. The number of nitrogens with one attached hydrogen (secondary N) is 1. The lowest BCUT2D eigenvalue weighted by molar-refractivity contribution is 0.308. The van der Waals surface area contributed by atoms with Gasteiger partial charge in [-0.2, -0.15) is 0 Å². The molecule has 0 amide bonds. The van der Waals surface area contributed by atoms with Gasteiger partial charge in [0.15, 0.2) is 0 Å². The van der Waals surface area contributed by atoms with Crippen LogP contribution in [0.25, 0.3) is 0 Å². The zero-order valence-electron chi connectivity index (χ0n) is 13.4. The highest BCUT2D eigenvalue weighted by molar-refractivity contribution is 7.92. The second-order valence-electron chi connectivity index (χ2n) is 5.73. The maximum Gasteiger partial charge on any atom is 0.282 e. The summed E-state index contributed by atoms with van der Waals surface area (Å²) in [4.78, 5) is 4.34. The van der Waals surface area contributed by atoms with Crippen molar-refractivity contribution in [2.75, 3.05) is 11.3 Å². The molecule has 1 atom stereocenters. The first-order chi connectivity index (χ1) is 11.9. The zero-order chi connectivity index (χ0) is 17.9. The van der Waals surface area contributed by atoms with Crippen molar-refractivity contribution < 1.29 is 13.2 Å². The van der Waals surface area contributed by atoms with Gasteiger partial charge in [-0.15, -0.1) is 0 Å². The van der Waals surface area contributed by atoms with E-state index in [4.69, 9.17) is 22.1 Å². The van der Waals surface area contributed by atoms with Crippen LogP contribution in [0.1, 0.15) is 12.0 Å². The van der Waals surface area contributed by atoms with Crippen molar-refractivity contribution in [3.05, 3.63) is 59.1 Å². The summed E-state index contributed by atoms with van der Waals surface area (Å²) in [5.74, 6) is 0. The van der Waals surface area contributed by atoms with Gasteiger partial charge < -0.3 is 10.5 Å². The van der Waals surface area contributed by atoms with E-state index in [-0.39, 0.29) is 17.0 Å². The van der Waals surface area contributed by atoms with Gasteiger partial charge in [0.05, 0.1) is 10.9 Å². The molecule has 0 bridgehead atoms. The van der Waals surface area contributed by atoms with Crippen LogP contribution in [0.3, 0.4) is 0 Å². The fourth-order valence-electron chi connectivity index (χ4n) is 2.48. The van der Waals surface area contributed by atoms with Gasteiger partial charge in [-0.1, -0.05) is 23.7 Å². The van der Waals surface area contributed by atoms with E-state index in [9.17, 15) is 8.42 Å². The van der Waals surface area contributed by atoms with Crippen molar-refractivity contribution in [1.82, 2.24) is 0 Å². The maximum atomic E-state index is 12.3. The van der Waals surface area contributed by atoms with Crippen LogP contribution in [0.5, 0.6) is 0 Å². The van der Waals surface area contributed by atoms with Gasteiger partial charge in [0.2, 0.25) is 0 Å². The van der Waals surface area contributed by atoms with Crippen LogP contribution in [0.2, 0.25) is 5.02 Å². The Morgan fingerprint density at radius 1 is 1.16 bits per heavy atom. The number of amidine groups is 1. The summed E-state index contributed by atoms with van der Waals surface area (Å²) in [5, 5.41) is 0.488. The molecule has 0 saturated carbocycles. The Morgan fingerprint density at radius 3 is 2.44 bits per heavy atom.